The minimum absolute atomic E-state index is 0.114. The largest absolute Gasteiger partial charge is 0.290 e. The van der Waals surface area contributed by atoms with Gasteiger partial charge in [-0.05, 0) is 31.2 Å². The van der Waals surface area contributed by atoms with Gasteiger partial charge in [-0.25, -0.2) is 4.68 Å². The zero-order chi connectivity index (χ0) is 18.6. The van der Waals surface area contributed by atoms with Crippen molar-refractivity contribution in [1.82, 2.24) is 9.78 Å². The Kier molecular flexibility index (Phi) is 4.54. The number of nitrogens with one attached hydrogen (secondary N) is 1. The molecule has 27 heavy (non-hydrogen) atoms. The number of aromatic amines is 1. The Labute approximate surface area is 157 Å². The van der Waals surface area contributed by atoms with Crippen molar-refractivity contribution in [3.8, 4) is 16.9 Å². The van der Waals surface area contributed by atoms with Crippen LogP contribution in [0.25, 0.3) is 16.9 Å². The molecule has 1 aromatic heterocycles. The molecule has 1 heterocycles. The highest BCUT2D eigenvalue weighted by molar-refractivity contribution is 6.04. The van der Waals surface area contributed by atoms with Gasteiger partial charge in [-0.3, -0.25) is 14.9 Å². The van der Waals surface area contributed by atoms with Gasteiger partial charge in [-0.1, -0.05) is 66.7 Å². The molecule has 0 amide bonds. The molecule has 0 aliphatic carbocycles. The van der Waals surface area contributed by atoms with Crippen molar-refractivity contribution in [2.24, 2.45) is 4.99 Å². The monoisotopic (exact) mass is 354 g/mol. The molecule has 132 valence electrons. The summed E-state index contributed by atoms with van der Waals surface area (Å²) in [5, 5.41) is 3.27. The van der Waals surface area contributed by atoms with Gasteiger partial charge in [0.1, 0.15) is 0 Å². The molecule has 0 bridgehead atoms. The fourth-order valence-corrected chi connectivity index (χ4v) is 3.10. The van der Waals surface area contributed by atoms with Crippen LogP contribution in [-0.2, 0) is 0 Å². The third-order valence-electron chi connectivity index (χ3n) is 4.38. The van der Waals surface area contributed by atoms with Crippen LogP contribution < -0.4 is 5.56 Å². The van der Waals surface area contributed by atoms with E-state index >= 15 is 0 Å². The van der Waals surface area contributed by atoms with Crippen molar-refractivity contribution >= 4 is 11.4 Å². The molecular formula is C23H19N3O. The number of H-pyrrole nitrogens is 1. The van der Waals surface area contributed by atoms with Gasteiger partial charge in [0.25, 0.3) is 5.56 Å². The van der Waals surface area contributed by atoms with E-state index in [-0.39, 0.29) is 5.56 Å². The highest BCUT2D eigenvalue weighted by Gasteiger charge is 2.19. The average molecular weight is 354 g/mol. The Balaban J connectivity index is 1.93. The first-order chi connectivity index (χ1) is 13.2. The lowest BCUT2D eigenvalue weighted by molar-refractivity contribution is 0.852. The summed E-state index contributed by atoms with van der Waals surface area (Å²) in [6.45, 7) is 1.87. The van der Waals surface area contributed by atoms with Gasteiger partial charge in [0.15, 0.2) is 0 Å². The Morgan fingerprint density at radius 1 is 0.815 bits per heavy atom. The second-order valence-electron chi connectivity index (χ2n) is 6.24. The van der Waals surface area contributed by atoms with Gasteiger partial charge >= 0.3 is 0 Å². The Morgan fingerprint density at radius 3 is 2.00 bits per heavy atom. The first kappa shape index (κ1) is 16.8. The lowest BCUT2D eigenvalue weighted by Gasteiger charge is -2.03. The van der Waals surface area contributed by atoms with Crippen LogP contribution in [0.3, 0.4) is 0 Å². The molecule has 0 spiro atoms. The Morgan fingerprint density at radius 2 is 1.37 bits per heavy atom. The quantitative estimate of drug-likeness (QED) is 0.408. The predicted octanol–water partition coefficient (Wildman–Crippen LogP) is 4.97. The molecule has 0 atom stereocenters. The maximum absolute atomic E-state index is 13.2. The first-order valence-electron chi connectivity index (χ1n) is 8.80. The molecule has 4 nitrogen and oxygen atoms in total. The fourth-order valence-electron chi connectivity index (χ4n) is 3.10. The third-order valence-corrected chi connectivity index (χ3v) is 4.38. The highest BCUT2D eigenvalue weighted by Crippen LogP contribution is 2.22. The summed E-state index contributed by atoms with van der Waals surface area (Å²) < 4.78 is 1.57. The number of hydrogen-bond donors (Lipinski definition) is 1. The van der Waals surface area contributed by atoms with Gasteiger partial charge in [-0.2, -0.15) is 0 Å². The van der Waals surface area contributed by atoms with Crippen molar-refractivity contribution in [2.75, 3.05) is 0 Å². The van der Waals surface area contributed by atoms with E-state index in [4.69, 9.17) is 0 Å². The van der Waals surface area contributed by atoms with Crippen LogP contribution in [0.15, 0.2) is 101 Å². The normalized spacial score (nSPS) is 11.5. The summed E-state index contributed by atoms with van der Waals surface area (Å²) in [7, 11) is 0. The Hall–Kier alpha value is -3.66. The van der Waals surface area contributed by atoms with Crippen LogP contribution in [0.4, 0.5) is 5.69 Å². The van der Waals surface area contributed by atoms with Crippen molar-refractivity contribution in [3.63, 3.8) is 0 Å². The standard InChI is InChI=1S/C23H19N3O/c1-17(24-19-13-7-3-8-14-19)21-22(18-11-5-2-6-12-18)25-26(23(21)27)20-15-9-4-10-16-20/h2-16,25H,1H3/i24+1. The molecule has 0 aliphatic heterocycles. The van der Waals surface area contributed by atoms with Crippen LogP contribution >= 0.6 is 0 Å². The van der Waals surface area contributed by atoms with Gasteiger partial charge in [-0.15, -0.1) is 0 Å². The van der Waals surface area contributed by atoms with Gasteiger partial charge in [0, 0.05) is 5.56 Å². The summed E-state index contributed by atoms with van der Waals surface area (Å²) in [4.78, 5) is 17.9. The number of para-hydroxylation sites is 2. The van der Waals surface area contributed by atoms with E-state index in [1.807, 2.05) is 97.9 Å². The molecule has 0 fully saturated rings. The predicted molar refractivity (Wildman–Crippen MR) is 110 cm³/mol. The summed E-state index contributed by atoms with van der Waals surface area (Å²) in [5.41, 5.74) is 4.46. The fraction of sp³-hybridized carbons (Fsp3) is 0.0435. The number of nitrogens with zero attached hydrogens (tertiary/aromatic N) is 2. The highest BCUT2D eigenvalue weighted by atomic mass is 16.1. The molecule has 1 N–H and O–H groups in total. The smallest absolute Gasteiger partial charge is 0.280 e. The first-order valence-corrected chi connectivity index (χ1v) is 8.80. The molecule has 0 unspecified atom stereocenters. The third kappa shape index (κ3) is 3.37. The molecule has 4 aromatic rings. The van der Waals surface area contributed by atoms with E-state index in [9.17, 15) is 4.79 Å². The Bertz CT molecular complexity index is 1120. The summed E-state index contributed by atoms with van der Waals surface area (Å²) in [5.74, 6) is 0. The van der Waals surface area contributed by atoms with E-state index in [2.05, 4.69) is 10.1 Å². The second-order valence-corrected chi connectivity index (χ2v) is 6.24. The van der Waals surface area contributed by atoms with E-state index in [1.165, 1.54) is 0 Å². The summed E-state index contributed by atoms with van der Waals surface area (Å²) in [6, 6.07) is 29.1. The second kappa shape index (κ2) is 7.30. The van der Waals surface area contributed by atoms with Gasteiger partial charge in [0.2, 0.25) is 0 Å². The van der Waals surface area contributed by atoms with E-state index in [1.54, 1.807) is 4.68 Å². The molecule has 3 aromatic carbocycles. The minimum atomic E-state index is -0.114. The van der Waals surface area contributed by atoms with E-state index in [0.29, 0.717) is 11.3 Å². The maximum Gasteiger partial charge on any atom is 0.280 e. The molecule has 4 rings (SSSR count). The van der Waals surface area contributed by atoms with Crippen molar-refractivity contribution in [2.45, 2.75) is 6.92 Å². The van der Waals surface area contributed by atoms with Gasteiger partial charge in [0.05, 0.1) is 28.3 Å². The van der Waals surface area contributed by atoms with Crippen LogP contribution in [0.1, 0.15) is 12.5 Å². The molecule has 0 saturated carbocycles. The maximum atomic E-state index is 13.2. The molecule has 0 aliphatic rings. The van der Waals surface area contributed by atoms with Crippen molar-refractivity contribution in [3.05, 3.63) is 107 Å². The molecule has 0 radical (unpaired) electrons. The summed E-state index contributed by atoms with van der Waals surface area (Å²) >= 11 is 0. The number of hydrogen-bond acceptors (Lipinski definition) is 2. The van der Waals surface area contributed by atoms with Crippen molar-refractivity contribution in [1.29, 1.82) is 0 Å². The van der Waals surface area contributed by atoms with Crippen LogP contribution in [-0.4, -0.2) is 15.5 Å². The van der Waals surface area contributed by atoms with Crippen molar-refractivity contribution < 1.29 is 0 Å². The number of aromatic nitrogens is 2. The van der Waals surface area contributed by atoms with E-state index in [0.717, 1.165) is 22.6 Å². The lowest BCUT2D eigenvalue weighted by atomic mass is 10.1. The number of benzene rings is 3. The molecular weight excluding hydrogens is 335 g/mol. The SMILES string of the molecule is CC(=[15N]c1ccccc1)c1c(-c2ccccc2)[nH]n(-c2ccccc2)c1=O. The zero-order valence-electron chi connectivity index (χ0n) is 15.0. The topological polar surface area (TPSA) is 50.1 Å². The van der Waals surface area contributed by atoms with Crippen LogP contribution in [0.2, 0.25) is 0 Å². The molecule has 4 heteroatoms. The number of aliphatic imine (C=N–C) groups is 1. The zero-order valence-corrected chi connectivity index (χ0v) is 15.0. The van der Waals surface area contributed by atoms with E-state index < -0.39 is 0 Å². The average Bonchev–Trinajstić information content (AvgIpc) is 3.07. The lowest BCUT2D eigenvalue weighted by Crippen LogP contribution is -2.19. The molecule has 0 saturated heterocycles. The van der Waals surface area contributed by atoms with Crippen LogP contribution in [0.5, 0.6) is 0 Å². The minimum Gasteiger partial charge on any atom is -0.290 e. The van der Waals surface area contributed by atoms with Crippen LogP contribution in [0, 0.1) is 0 Å². The van der Waals surface area contributed by atoms with Gasteiger partial charge < -0.3 is 0 Å². The summed E-state index contributed by atoms with van der Waals surface area (Å²) in [6.07, 6.45) is 0. The number of rotatable bonds is 4.